The standard InChI is InChI=1S/CH4N2.Co/c2-1-3;/h2-3H,1H2;/q-2;+2. The van der Waals surface area contributed by atoms with E-state index in [1.54, 1.807) is 0 Å². The van der Waals surface area contributed by atoms with Crippen LogP contribution in [0.5, 0.6) is 0 Å². The van der Waals surface area contributed by atoms with Crippen molar-refractivity contribution in [3.8, 4) is 0 Å². The van der Waals surface area contributed by atoms with Gasteiger partial charge in [-0.3, -0.25) is 6.67 Å². The fourth-order valence-corrected chi connectivity index (χ4v) is 0. The topological polar surface area (TPSA) is 47.6 Å². The molecule has 0 aliphatic rings. The monoisotopic (exact) mass is 103 g/mol. The summed E-state index contributed by atoms with van der Waals surface area (Å²) in [5.41, 5.74) is 11.8. The Hall–Kier alpha value is 0.426. The van der Waals surface area contributed by atoms with Crippen molar-refractivity contribution in [3.63, 3.8) is 0 Å². The molecule has 2 nitrogen and oxygen atoms in total. The van der Waals surface area contributed by atoms with Gasteiger partial charge >= 0.3 is 16.8 Å². The van der Waals surface area contributed by atoms with Crippen molar-refractivity contribution in [1.82, 2.24) is 0 Å². The molecule has 0 saturated carbocycles. The fourth-order valence-electron chi connectivity index (χ4n) is 0. The number of nitrogens with one attached hydrogen (secondary N) is 2. The molecule has 0 saturated heterocycles. The SMILES string of the molecule is [Co+2].[NH-]C[NH-]. The molecular formula is CH4CoN2. The quantitative estimate of drug-likeness (QED) is 0.439. The van der Waals surface area contributed by atoms with E-state index in [2.05, 4.69) is 0 Å². The minimum atomic E-state index is -0.250. The van der Waals surface area contributed by atoms with E-state index in [-0.39, 0.29) is 23.4 Å². The van der Waals surface area contributed by atoms with E-state index in [9.17, 15) is 0 Å². The van der Waals surface area contributed by atoms with Crippen LogP contribution >= 0.6 is 0 Å². The second kappa shape index (κ2) is 9.91. The van der Waals surface area contributed by atoms with Gasteiger partial charge in [0.25, 0.3) is 0 Å². The van der Waals surface area contributed by atoms with Gasteiger partial charge in [0, 0.05) is 0 Å². The Morgan fingerprint density at radius 3 is 1.25 bits per heavy atom. The van der Waals surface area contributed by atoms with Crippen molar-refractivity contribution in [2.24, 2.45) is 0 Å². The molecule has 27 valence electrons. The second-order valence-corrected chi connectivity index (χ2v) is 0.177. The Kier molecular flexibility index (Phi) is 21.9. The molecule has 0 bridgehead atoms. The van der Waals surface area contributed by atoms with Crippen LogP contribution in [0.4, 0.5) is 0 Å². The second-order valence-electron chi connectivity index (χ2n) is 0.177. The summed E-state index contributed by atoms with van der Waals surface area (Å²) in [6, 6.07) is 0. The molecule has 0 rings (SSSR count). The van der Waals surface area contributed by atoms with E-state index in [4.69, 9.17) is 11.5 Å². The molecule has 0 spiro atoms. The van der Waals surface area contributed by atoms with Gasteiger partial charge in [0.1, 0.15) is 0 Å². The molecule has 0 atom stereocenters. The van der Waals surface area contributed by atoms with Crippen molar-refractivity contribution in [3.05, 3.63) is 11.5 Å². The summed E-state index contributed by atoms with van der Waals surface area (Å²) >= 11 is 0. The third-order valence-electron chi connectivity index (χ3n) is 0. The van der Waals surface area contributed by atoms with E-state index in [1.165, 1.54) is 0 Å². The zero-order valence-corrected chi connectivity index (χ0v) is 3.08. The maximum absolute atomic E-state index is 5.88. The number of hydrogen-bond acceptors (Lipinski definition) is 0. The number of rotatable bonds is 0. The minimum Gasteiger partial charge on any atom is -0.696 e. The smallest absolute Gasteiger partial charge is 0.696 e. The Balaban J connectivity index is 0. The van der Waals surface area contributed by atoms with Gasteiger partial charge in [-0.25, -0.2) is 0 Å². The molecule has 0 aliphatic carbocycles. The van der Waals surface area contributed by atoms with Crippen LogP contribution in [0.3, 0.4) is 0 Å². The molecular weight excluding hydrogens is 99.0 g/mol. The first kappa shape index (κ1) is 8.83. The van der Waals surface area contributed by atoms with Gasteiger partial charge in [-0.15, -0.1) is 0 Å². The van der Waals surface area contributed by atoms with E-state index in [0.29, 0.717) is 0 Å². The van der Waals surface area contributed by atoms with Gasteiger partial charge in [-0.05, 0) is 0 Å². The zero-order chi connectivity index (χ0) is 2.71. The summed E-state index contributed by atoms with van der Waals surface area (Å²) in [6.07, 6.45) is 0. The first-order valence-electron chi connectivity index (χ1n) is 0.707. The van der Waals surface area contributed by atoms with Crippen LogP contribution in [0.15, 0.2) is 0 Å². The molecule has 2 N–H and O–H groups in total. The molecule has 1 radical (unpaired) electrons. The Labute approximate surface area is 35.7 Å². The van der Waals surface area contributed by atoms with Crippen LogP contribution < -0.4 is 0 Å². The van der Waals surface area contributed by atoms with E-state index in [1.807, 2.05) is 0 Å². The molecule has 0 amide bonds. The van der Waals surface area contributed by atoms with Crippen molar-refractivity contribution in [2.45, 2.75) is 0 Å². The first-order valence-corrected chi connectivity index (χ1v) is 0.707. The van der Waals surface area contributed by atoms with Crippen LogP contribution in [0.1, 0.15) is 0 Å². The molecule has 0 unspecified atom stereocenters. The molecule has 4 heavy (non-hydrogen) atoms. The predicted octanol–water partition coefficient (Wildman–Crippen LogP) is 1.05. The predicted molar refractivity (Wildman–Crippen MR) is 13.5 cm³/mol. The van der Waals surface area contributed by atoms with Crippen molar-refractivity contribution in [1.29, 1.82) is 0 Å². The first-order chi connectivity index (χ1) is 1.41. The van der Waals surface area contributed by atoms with E-state index < -0.39 is 0 Å². The summed E-state index contributed by atoms with van der Waals surface area (Å²) in [4.78, 5) is 0. The van der Waals surface area contributed by atoms with Gasteiger partial charge in [0.15, 0.2) is 0 Å². The van der Waals surface area contributed by atoms with Crippen molar-refractivity contribution < 1.29 is 16.8 Å². The van der Waals surface area contributed by atoms with Crippen molar-refractivity contribution >= 4 is 0 Å². The van der Waals surface area contributed by atoms with Gasteiger partial charge < -0.3 is 11.5 Å². The van der Waals surface area contributed by atoms with Gasteiger partial charge in [-0.2, -0.15) is 0 Å². The summed E-state index contributed by atoms with van der Waals surface area (Å²) in [6.45, 7) is -0.250. The molecule has 0 aliphatic heterocycles. The third-order valence-corrected chi connectivity index (χ3v) is 0. The summed E-state index contributed by atoms with van der Waals surface area (Å²) < 4.78 is 0. The van der Waals surface area contributed by atoms with Crippen LogP contribution in [-0.4, -0.2) is 6.67 Å². The van der Waals surface area contributed by atoms with Gasteiger partial charge in [-0.1, -0.05) is 0 Å². The average molecular weight is 103 g/mol. The number of hydrogen-bond donors (Lipinski definition) is 0. The van der Waals surface area contributed by atoms with Crippen LogP contribution in [0, 0.1) is 0 Å². The summed E-state index contributed by atoms with van der Waals surface area (Å²) in [5, 5.41) is 0. The summed E-state index contributed by atoms with van der Waals surface area (Å²) in [7, 11) is 0. The maximum atomic E-state index is 5.88. The zero-order valence-electron chi connectivity index (χ0n) is 2.04. The third kappa shape index (κ3) is 27.1. The molecule has 0 fully saturated rings. The van der Waals surface area contributed by atoms with Crippen LogP contribution in [0.25, 0.3) is 11.5 Å². The molecule has 0 heterocycles. The van der Waals surface area contributed by atoms with Crippen LogP contribution in [0.2, 0.25) is 0 Å². The Bertz CT molecular complexity index is 6.00. The molecule has 0 aromatic carbocycles. The van der Waals surface area contributed by atoms with Crippen molar-refractivity contribution in [2.75, 3.05) is 6.67 Å². The van der Waals surface area contributed by atoms with E-state index in [0.717, 1.165) is 0 Å². The summed E-state index contributed by atoms with van der Waals surface area (Å²) in [5.74, 6) is 0. The molecule has 0 aromatic rings. The molecule has 0 aromatic heterocycles. The minimum absolute atomic E-state index is 0. The van der Waals surface area contributed by atoms with Crippen LogP contribution in [-0.2, 0) is 16.8 Å². The van der Waals surface area contributed by atoms with Gasteiger partial charge in [0.2, 0.25) is 0 Å². The van der Waals surface area contributed by atoms with E-state index >= 15 is 0 Å². The fraction of sp³-hybridized carbons (Fsp3) is 1.00. The largest absolute Gasteiger partial charge is 2.00 e. The Morgan fingerprint density at radius 1 is 1.25 bits per heavy atom. The molecule has 3 heteroatoms. The van der Waals surface area contributed by atoms with Gasteiger partial charge in [0.05, 0.1) is 0 Å². The average Bonchev–Trinajstić information content (AvgIpc) is 0.918. The Morgan fingerprint density at radius 2 is 1.25 bits per heavy atom. The normalized spacial score (nSPS) is 4.50. The maximum Gasteiger partial charge on any atom is 2.00 e.